The summed E-state index contributed by atoms with van der Waals surface area (Å²) in [6.07, 6.45) is 0.888. The molecule has 0 saturated heterocycles. The molecule has 0 heterocycles. The number of methoxy groups -OCH3 is 1. The number of amides is 1. The number of nitrogens with one attached hydrogen (secondary N) is 1. The lowest BCUT2D eigenvalue weighted by molar-refractivity contribution is -0.115. The molecular formula is C15H24NO2P. The van der Waals surface area contributed by atoms with Crippen LogP contribution < -0.4 is 10.1 Å². The average molecular weight is 281 g/mol. The molecule has 1 atom stereocenters. The SMILES string of the molecule is CCC(C(=O)Nc1c(C)cc(OC)cc1C)P(C)C. The van der Waals surface area contributed by atoms with Crippen molar-refractivity contribution < 1.29 is 9.53 Å². The molecule has 0 aliphatic carbocycles. The molecule has 4 heteroatoms. The lowest BCUT2D eigenvalue weighted by Gasteiger charge is -2.21. The van der Waals surface area contributed by atoms with Gasteiger partial charge in [0.2, 0.25) is 5.91 Å². The van der Waals surface area contributed by atoms with E-state index in [1.54, 1.807) is 7.11 Å². The lowest BCUT2D eigenvalue weighted by atomic mass is 10.1. The zero-order valence-corrected chi connectivity index (χ0v) is 13.6. The Morgan fingerprint density at radius 3 is 2.21 bits per heavy atom. The van der Waals surface area contributed by atoms with Crippen molar-refractivity contribution in [3.63, 3.8) is 0 Å². The topological polar surface area (TPSA) is 38.3 Å². The number of ether oxygens (including phenoxy) is 1. The van der Waals surface area contributed by atoms with Crippen molar-refractivity contribution in [1.82, 2.24) is 0 Å². The molecule has 19 heavy (non-hydrogen) atoms. The molecular weight excluding hydrogens is 257 g/mol. The van der Waals surface area contributed by atoms with E-state index in [9.17, 15) is 4.79 Å². The number of hydrogen-bond donors (Lipinski definition) is 1. The van der Waals surface area contributed by atoms with Crippen molar-refractivity contribution in [2.45, 2.75) is 32.9 Å². The van der Waals surface area contributed by atoms with Crippen LogP contribution in [0.3, 0.4) is 0 Å². The summed E-state index contributed by atoms with van der Waals surface area (Å²) >= 11 is 0. The van der Waals surface area contributed by atoms with E-state index < -0.39 is 0 Å². The second-order valence-corrected chi connectivity index (χ2v) is 7.56. The van der Waals surface area contributed by atoms with Gasteiger partial charge in [-0.3, -0.25) is 4.79 Å². The Bertz CT molecular complexity index is 434. The van der Waals surface area contributed by atoms with Gasteiger partial charge in [0.25, 0.3) is 0 Å². The molecule has 0 fully saturated rings. The predicted molar refractivity (Wildman–Crippen MR) is 83.9 cm³/mol. The third kappa shape index (κ3) is 3.94. The van der Waals surface area contributed by atoms with E-state index in [4.69, 9.17) is 4.74 Å². The van der Waals surface area contributed by atoms with E-state index in [1.165, 1.54) is 0 Å². The van der Waals surface area contributed by atoms with Crippen LogP contribution in [0.25, 0.3) is 0 Å². The minimum Gasteiger partial charge on any atom is -0.497 e. The number of rotatable bonds is 5. The van der Waals surface area contributed by atoms with E-state index in [1.807, 2.05) is 26.0 Å². The number of aryl methyl sites for hydroxylation is 2. The largest absolute Gasteiger partial charge is 0.497 e. The normalized spacial score (nSPS) is 12.4. The molecule has 0 aromatic heterocycles. The third-order valence-electron chi connectivity index (χ3n) is 3.30. The Balaban J connectivity index is 2.97. The minimum absolute atomic E-state index is 0.121. The third-order valence-corrected chi connectivity index (χ3v) is 5.15. The van der Waals surface area contributed by atoms with Crippen molar-refractivity contribution in [3.8, 4) is 5.75 Å². The first-order valence-electron chi connectivity index (χ1n) is 6.53. The van der Waals surface area contributed by atoms with Crippen LogP contribution in [-0.2, 0) is 4.79 Å². The molecule has 1 amide bonds. The van der Waals surface area contributed by atoms with Gasteiger partial charge in [-0.2, -0.15) is 0 Å². The summed E-state index contributed by atoms with van der Waals surface area (Å²) in [5.74, 6) is 0.961. The van der Waals surface area contributed by atoms with Gasteiger partial charge in [0.1, 0.15) is 5.75 Å². The zero-order chi connectivity index (χ0) is 14.6. The van der Waals surface area contributed by atoms with Crippen molar-refractivity contribution in [2.75, 3.05) is 25.8 Å². The molecule has 0 aliphatic heterocycles. The van der Waals surface area contributed by atoms with Gasteiger partial charge in [-0.25, -0.2) is 0 Å². The van der Waals surface area contributed by atoms with E-state index in [0.29, 0.717) is 0 Å². The number of carbonyl (C=O) groups is 1. The zero-order valence-electron chi connectivity index (χ0n) is 12.7. The van der Waals surface area contributed by atoms with E-state index in [0.717, 1.165) is 29.0 Å². The predicted octanol–water partition coefficient (Wildman–Crippen LogP) is 3.77. The summed E-state index contributed by atoms with van der Waals surface area (Å²) in [6.45, 7) is 10.4. The Labute approximate surface area is 117 Å². The van der Waals surface area contributed by atoms with Crippen LogP contribution in [0.15, 0.2) is 12.1 Å². The van der Waals surface area contributed by atoms with Gasteiger partial charge in [0.05, 0.1) is 12.8 Å². The summed E-state index contributed by atoms with van der Waals surface area (Å²) in [4.78, 5) is 12.3. The summed E-state index contributed by atoms with van der Waals surface area (Å²) in [7, 11) is 1.39. The molecule has 1 unspecified atom stereocenters. The smallest absolute Gasteiger partial charge is 0.231 e. The average Bonchev–Trinajstić information content (AvgIpc) is 2.33. The van der Waals surface area contributed by atoms with Crippen LogP contribution in [-0.4, -0.2) is 32.0 Å². The molecule has 1 N–H and O–H groups in total. The number of benzene rings is 1. The highest BCUT2D eigenvalue weighted by Crippen LogP contribution is 2.36. The number of anilines is 1. The summed E-state index contributed by atoms with van der Waals surface area (Å²) in [6, 6.07) is 3.90. The molecule has 106 valence electrons. The first-order chi connectivity index (χ1) is 8.90. The fourth-order valence-electron chi connectivity index (χ4n) is 2.23. The summed E-state index contributed by atoms with van der Waals surface area (Å²) in [5, 5.41) is 3.08. The standard InChI is InChI=1S/C15H24NO2P/c1-7-13(19(5)6)15(17)16-14-10(2)8-12(18-4)9-11(14)3/h8-9,13H,7H2,1-6H3,(H,16,17). The highest BCUT2D eigenvalue weighted by atomic mass is 31.1. The molecule has 0 aliphatic rings. The Hall–Kier alpha value is -1.08. The first-order valence-corrected chi connectivity index (χ1v) is 8.83. The van der Waals surface area contributed by atoms with Gasteiger partial charge >= 0.3 is 0 Å². The number of hydrogen-bond acceptors (Lipinski definition) is 2. The van der Waals surface area contributed by atoms with Crippen LogP contribution >= 0.6 is 7.92 Å². The maximum absolute atomic E-state index is 12.3. The molecule has 3 nitrogen and oxygen atoms in total. The summed E-state index contributed by atoms with van der Waals surface area (Å²) in [5.41, 5.74) is 3.12. The van der Waals surface area contributed by atoms with Crippen LogP contribution in [0.2, 0.25) is 0 Å². The van der Waals surface area contributed by atoms with Gasteiger partial charge in [-0.15, -0.1) is 7.92 Å². The second-order valence-electron chi connectivity index (χ2n) is 5.01. The highest BCUT2D eigenvalue weighted by molar-refractivity contribution is 7.57. The van der Waals surface area contributed by atoms with Gasteiger partial charge in [-0.1, -0.05) is 6.92 Å². The van der Waals surface area contributed by atoms with Gasteiger partial charge in [0.15, 0.2) is 0 Å². The van der Waals surface area contributed by atoms with Gasteiger partial charge in [0, 0.05) is 5.69 Å². The maximum atomic E-state index is 12.3. The fraction of sp³-hybridized carbons (Fsp3) is 0.533. The summed E-state index contributed by atoms with van der Waals surface area (Å²) < 4.78 is 5.23. The Morgan fingerprint density at radius 1 is 1.32 bits per heavy atom. The molecule has 1 rings (SSSR count). The maximum Gasteiger partial charge on any atom is 0.231 e. The second kappa shape index (κ2) is 6.91. The lowest BCUT2D eigenvalue weighted by Crippen LogP contribution is -2.26. The molecule has 0 saturated carbocycles. The van der Waals surface area contributed by atoms with Crippen LogP contribution in [0.4, 0.5) is 5.69 Å². The Kier molecular flexibility index (Phi) is 5.81. The van der Waals surface area contributed by atoms with E-state index >= 15 is 0 Å². The fourth-order valence-corrected chi connectivity index (χ4v) is 3.49. The van der Waals surface area contributed by atoms with Crippen molar-refractivity contribution >= 4 is 19.5 Å². The first kappa shape index (κ1) is 16.0. The molecule has 1 aromatic rings. The highest BCUT2D eigenvalue weighted by Gasteiger charge is 2.21. The van der Waals surface area contributed by atoms with Crippen molar-refractivity contribution in [3.05, 3.63) is 23.3 Å². The minimum atomic E-state index is -0.265. The molecule has 0 bridgehead atoms. The van der Waals surface area contributed by atoms with Crippen molar-refractivity contribution in [2.24, 2.45) is 0 Å². The van der Waals surface area contributed by atoms with E-state index in [2.05, 4.69) is 25.6 Å². The van der Waals surface area contributed by atoms with E-state index in [-0.39, 0.29) is 19.5 Å². The van der Waals surface area contributed by atoms with Crippen LogP contribution in [0.5, 0.6) is 5.75 Å². The number of carbonyl (C=O) groups excluding carboxylic acids is 1. The monoisotopic (exact) mass is 281 g/mol. The van der Waals surface area contributed by atoms with Crippen LogP contribution in [0.1, 0.15) is 24.5 Å². The molecule has 0 radical (unpaired) electrons. The van der Waals surface area contributed by atoms with Gasteiger partial charge in [-0.05, 0) is 56.9 Å². The van der Waals surface area contributed by atoms with Gasteiger partial charge < -0.3 is 10.1 Å². The quantitative estimate of drug-likeness (QED) is 0.834. The van der Waals surface area contributed by atoms with Crippen LogP contribution in [0, 0.1) is 13.8 Å². The Morgan fingerprint density at radius 2 is 1.84 bits per heavy atom. The molecule has 1 aromatic carbocycles. The molecule has 0 spiro atoms. The van der Waals surface area contributed by atoms with Crippen molar-refractivity contribution in [1.29, 1.82) is 0 Å².